The molecule has 1 aromatic heterocycles. The predicted molar refractivity (Wildman–Crippen MR) is 83.1 cm³/mol. The molecule has 1 aromatic carbocycles. The van der Waals surface area contributed by atoms with E-state index in [0.29, 0.717) is 6.54 Å². The van der Waals surface area contributed by atoms with E-state index in [4.69, 9.17) is 11.6 Å². The van der Waals surface area contributed by atoms with Crippen LogP contribution in [0.15, 0.2) is 29.6 Å². The summed E-state index contributed by atoms with van der Waals surface area (Å²) in [5.74, 6) is -0.406. The number of nitro benzene ring substituents is 1. The first kappa shape index (κ1) is 15.3. The molecule has 6 nitrogen and oxygen atoms in total. The number of amides is 1. The molecule has 1 heterocycles. The van der Waals surface area contributed by atoms with Gasteiger partial charge in [-0.3, -0.25) is 14.9 Å². The van der Waals surface area contributed by atoms with Crippen LogP contribution in [0.3, 0.4) is 0 Å². The summed E-state index contributed by atoms with van der Waals surface area (Å²) in [6.45, 7) is 0.371. The Bertz CT molecular complexity index is 674. The Balaban J connectivity index is 2.23. The van der Waals surface area contributed by atoms with Crippen LogP contribution in [0.4, 0.5) is 11.4 Å². The predicted octanol–water partition coefficient (Wildman–Crippen LogP) is 3.28. The van der Waals surface area contributed by atoms with E-state index in [1.54, 1.807) is 0 Å². The number of benzene rings is 1. The molecule has 0 spiro atoms. The highest BCUT2D eigenvalue weighted by molar-refractivity contribution is 7.09. The van der Waals surface area contributed by atoms with Gasteiger partial charge >= 0.3 is 0 Å². The zero-order chi connectivity index (χ0) is 15.4. The molecule has 0 saturated carbocycles. The van der Waals surface area contributed by atoms with Gasteiger partial charge in [-0.2, -0.15) is 0 Å². The monoisotopic (exact) mass is 325 g/mol. The summed E-state index contributed by atoms with van der Waals surface area (Å²) in [5, 5.41) is 18.4. The first-order valence-corrected chi connectivity index (χ1v) is 7.25. The molecule has 0 aliphatic carbocycles. The Morgan fingerprint density at radius 2 is 2.24 bits per heavy atom. The lowest BCUT2D eigenvalue weighted by Gasteiger charge is -2.08. The van der Waals surface area contributed by atoms with E-state index in [1.165, 1.54) is 30.5 Å². The number of nitrogens with zero attached hydrogens (tertiary/aromatic N) is 1. The normalized spacial score (nSPS) is 10.2. The third-order valence-corrected chi connectivity index (χ3v) is 3.96. The molecule has 0 saturated heterocycles. The van der Waals surface area contributed by atoms with Crippen LogP contribution in [-0.4, -0.2) is 17.9 Å². The van der Waals surface area contributed by atoms with Crippen molar-refractivity contribution in [3.8, 4) is 0 Å². The zero-order valence-corrected chi connectivity index (χ0v) is 12.6. The lowest BCUT2D eigenvalue weighted by molar-refractivity contribution is -0.383. The highest BCUT2D eigenvalue weighted by atomic mass is 35.5. The molecule has 0 radical (unpaired) electrons. The smallest absolute Gasteiger partial charge is 0.294 e. The zero-order valence-electron chi connectivity index (χ0n) is 11.1. The van der Waals surface area contributed by atoms with Crippen molar-refractivity contribution in [2.45, 2.75) is 6.54 Å². The van der Waals surface area contributed by atoms with Crippen molar-refractivity contribution < 1.29 is 9.72 Å². The highest BCUT2D eigenvalue weighted by Gasteiger charge is 2.20. The molecular weight excluding hydrogens is 314 g/mol. The average Bonchev–Trinajstić information content (AvgIpc) is 2.96. The van der Waals surface area contributed by atoms with Crippen molar-refractivity contribution >= 4 is 40.2 Å². The van der Waals surface area contributed by atoms with Gasteiger partial charge in [-0.25, -0.2) is 0 Å². The molecule has 0 fully saturated rings. The van der Waals surface area contributed by atoms with Gasteiger partial charge in [-0.1, -0.05) is 17.7 Å². The molecule has 110 valence electrons. The number of carbonyl (C=O) groups is 1. The quantitative estimate of drug-likeness (QED) is 0.652. The van der Waals surface area contributed by atoms with Crippen molar-refractivity contribution in [3.63, 3.8) is 0 Å². The maximum Gasteiger partial charge on any atom is 0.294 e. The van der Waals surface area contributed by atoms with Crippen LogP contribution in [-0.2, 0) is 6.54 Å². The van der Waals surface area contributed by atoms with E-state index in [9.17, 15) is 14.9 Å². The molecule has 0 aliphatic rings. The summed E-state index contributed by atoms with van der Waals surface area (Å²) in [5.41, 5.74) is 0.116. The van der Waals surface area contributed by atoms with Crippen molar-refractivity contribution in [1.82, 2.24) is 5.32 Å². The first-order valence-electron chi connectivity index (χ1n) is 5.99. The standard InChI is InChI=1S/C13H12ClN3O3S/c1-15-12-10(14)5-8(6-11(12)17(19)20)13(18)16-7-9-3-2-4-21-9/h2-6,15H,7H2,1H3,(H,16,18). The minimum atomic E-state index is -0.576. The SMILES string of the molecule is CNc1c(Cl)cc(C(=O)NCc2cccs2)cc1[N+](=O)[O-]. The van der Waals surface area contributed by atoms with Gasteiger partial charge in [-0.15, -0.1) is 11.3 Å². The number of nitrogens with one attached hydrogen (secondary N) is 2. The number of carbonyl (C=O) groups excluding carboxylic acids is 1. The molecule has 1 amide bonds. The van der Waals surface area contributed by atoms with E-state index in [0.717, 1.165) is 4.88 Å². The first-order chi connectivity index (χ1) is 10.0. The molecule has 0 unspecified atom stereocenters. The summed E-state index contributed by atoms with van der Waals surface area (Å²) in [4.78, 5) is 23.5. The highest BCUT2D eigenvalue weighted by Crippen LogP contribution is 2.33. The Morgan fingerprint density at radius 3 is 2.81 bits per heavy atom. The Morgan fingerprint density at radius 1 is 1.48 bits per heavy atom. The second kappa shape index (κ2) is 6.55. The number of hydrogen-bond donors (Lipinski definition) is 2. The third-order valence-electron chi connectivity index (χ3n) is 2.78. The lowest BCUT2D eigenvalue weighted by atomic mass is 10.1. The molecule has 2 aromatic rings. The molecule has 8 heteroatoms. The Labute approximate surface area is 129 Å². The lowest BCUT2D eigenvalue weighted by Crippen LogP contribution is -2.22. The average molecular weight is 326 g/mol. The summed E-state index contributed by atoms with van der Waals surface area (Å²) in [6.07, 6.45) is 0. The number of nitro groups is 1. The summed E-state index contributed by atoms with van der Waals surface area (Å²) >= 11 is 7.50. The second-order valence-corrected chi connectivity index (χ2v) is 5.56. The van der Waals surface area contributed by atoms with E-state index in [-0.39, 0.29) is 22.0 Å². The molecule has 2 rings (SSSR count). The van der Waals surface area contributed by atoms with Gasteiger partial charge in [0, 0.05) is 23.6 Å². The van der Waals surface area contributed by atoms with Crippen molar-refractivity contribution in [2.24, 2.45) is 0 Å². The Hall–Kier alpha value is -2.12. The van der Waals surface area contributed by atoms with Gasteiger partial charge in [0.1, 0.15) is 5.69 Å². The van der Waals surface area contributed by atoms with Crippen LogP contribution in [0.1, 0.15) is 15.2 Å². The maximum absolute atomic E-state index is 12.1. The van der Waals surface area contributed by atoms with Crippen LogP contribution >= 0.6 is 22.9 Å². The van der Waals surface area contributed by atoms with Crippen LogP contribution in [0.5, 0.6) is 0 Å². The topological polar surface area (TPSA) is 84.3 Å². The van der Waals surface area contributed by atoms with Crippen molar-refractivity contribution in [3.05, 3.63) is 55.2 Å². The van der Waals surface area contributed by atoms with Gasteiger partial charge in [0.2, 0.25) is 0 Å². The minimum Gasteiger partial charge on any atom is -0.381 e. The van der Waals surface area contributed by atoms with Gasteiger partial charge in [0.25, 0.3) is 11.6 Å². The van der Waals surface area contributed by atoms with Gasteiger partial charge in [-0.05, 0) is 17.5 Å². The molecule has 0 aliphatic heterocycles. The minimum absolute atomic E-state index is 0.132. The maximum atomic E-state index is 12.1. The Kier molecular flexibility index (Phi) is 4.77. The van der Waals surface area contributed by atoms with Crippen LogP contribution in [0, 0.1) is 10.1 Å². The van der Waals surface area contributed by atoms with Gasteiger partial charge < -0.3 is 10.6 Å². The van der Waals surface area contributed by atoms with Gasteiger partial charge in [0.05, 0.1) is 16.5 Å². The number of halogens is 1. The summed E-state index contributed by atoms with van der Waals surface area (Å²) in [7, 11) is 1.53. The number of anilines is 1. The third kappa shape index (κ3) is 3.50. The van der Waals surface area contributed by atoms with Crippen molar-refractivity contribution in [2.75, 3.05) is 12.4 Å². The fourth-order valence-corrected chi connectivity index (χ4v) is 2.75. The van der Waals surface area contributed by atoms with Gasteiger partial charge in [0.15, 0.2) is 0 Å². The van der Waals surface area contributed by atoms with E-state index in [1.807, 2.05) is 17.5 Å². The van der Waals surface area contributed by atoms with Crippen LogP contribution in [0.25, 0.3) is 0 Å². The summed E-state index contributed by atoms with van der Waals surface area (Å²) in [6, 6.07) is 6.39. The van der Waals surface area contributed by atoms with Crippen LogP contribution < -0.4 is 10.6 Å². The molecule has 2 N–H and O–H groups in total. The molecule has 0 atom stereocenters. The summed E-state index contributed by atoms with van der Waals surface area (Å²) < 4.78 is 0. The number of thiophene rings is 1. The fraction of sp³-hybridized carbons (Fsp3) is 0.154. The van der Waals surface area contributed by atoms with E-state index in [2.05, 4.69) is 10.6 Å². The fourth-order valence-electron chi connectivity index (χ4n) is 1.80. The second-order valence-electron chi connectivity index (χ2n) is 4.12. The molecule has 0 bridgehead atoms. The van der Waals surface area contributed by atoms with Crippen molar-refractivity contribution in [1.29, 1.82) is 0 Å². The number of rotatable bonds is 5. The molecule has 21 heavy (non-hydrogen) atoms. The largest absolute Gasteiger partial charge is 0.381 e. The molecular formula is C13H12ClN3O3S. The van der Waals surface area contributed by atoms with E-state index < -0.39 is 10.8 Å². The van der Waals surface area contributed by atoms with Crippen LogP contribution in [0.2, 0.25) is 5.02 Å². The van der Waals surface area contributed by atoms with E-state index >= 15 is 0 Å². The number of hydrogen-bond acceptors (Lipinski definition) is 5.